The third kappa shape index (κ3) is 6.35. The Morgan fingerprint density at radius 2 is 1.71 bits per heavy atom. The summed E-state index contributed by atoms with van der Waals surface area (Å²) in [5, 5.41) is -0.418. The highest BCUT2D eigenvalue weighted by atomic mass is 35.5. The minimum Gasteiger partial charge on any atom is -0.353 e. The molecule has 0 bridgehead atoms. The van der Waals surface area contributed by atoms with E-state index in [0.29, 0.717) is 26.1 Å². The second kappa shape index (κ2) is 8.21. The van der Waals surface area contributed by atoms with Crippen molar-refractivity contribution in [2.75, 3.05) is 13.2 Å². The minimum atomic E-state index is -0.418. The number of ketones is 1. The maximum atomic E-state index is 10.9. The predicted octanol–water partition coefficient (Wildman–Crippen LogP) is 2.36. The van der Waals surface area contributed by atoms with Gasteiger partial charge in [0.1, 0.15) is 5.78 Å². The molecule has 0 spiro atoms. The van der Waals surface area contributed by atoms with Gasteiger partial charge in [-0.05, 0) is 27.2 Å². The van der Waals surface area contributed by atoms with E-state index in [2.05, 4.69) is 0 Å². The summed E-state index contributed by atoms with van der Waals surface area (Å²) in [7, 11) is 0. The van der Waals surface area contributed by atoms with Crippen LogP contribution >= 0.6 is 11.6 Å². The van der Waals surface area contributed by atoms with Crippen molar-refractivity contribution in [3.8, 4) is 0 Å². The summed E-state index contributed by atoms with van der Waals surface area (Å²) in [6.07, 6.45) is 1.03. The molecule has 4 heteroatoms. The Bertz CT molecular complexity index is 155. The molecule has 0 aromatic rings. The second-order valence-corrected chi connectivity index (χ2v) is 3.52. The topological polar surface area (TPSA) is 35.5 Å². The molecule has 0 aliphatic carbocycles. The first-order chi connectivity index (χ1) is 6.61. The summed E-state index contributed by atoms with van der Waals surface area (Å²) < 4.78 is 10.6. The van der Waals surface area contributed by atoms with Crippen LogP contribution in [0.1, 0.15) is 33.6 Å². The number of carbonyl (C=O) groups excluding carboxylic acids is 1. The zero-order valence-electron chi connectivity index (χ0n) is 9.09. The van der Waals surface area contributed by atoms with E-state index < -0.39 is 5.38 Å². The van der Waals surface area contributed by atoms with Gasteiger partial charge in [-0.15, -0.1) is 11.6 Å². The first-order valence-electron chi connectivity index (χ1n) is 4.99. The van der Waals surface area contributed by atoms with Crippen LogP contribution in [-0.2, 0) is 14.3 Å². The SMILES string of the molecule is CCOC(CCC(Cl)C(C)=O)OCC. The molecule has 3 nitrogen and oxygen atoms in total. The summed E-state index contributed by atoms with van der Waals surface area (Å²) in [6.45, 7) is 6.54. The molecule has 0 aliphatic rings. The van der Waals surface area contributed by atoms with Gasteiger partial charge in [-0.2, -0.15) is 0 Å². The molecule has 84 valence electrons. The van der Waals surface area contributed by atoms with Gasteiger partial charge < -0.3 is 9.47 Å². The fraction of sp³-hybridized carbons (Fsp3) is 0.900. The summed E-state index contributed by atoms with van der Waals surface area (Å²) in [4.78, 5) is 10.9. The van der Waals surface area contributed by atoms with E-state index in [4.69, 9.17) is 21.1 Å². The lowest BCUT2D eigenvalue weighted by Gasteiger charge is -2.17. The number of ether oxygens (including phenoxy) is 2. The van der Waals surface area contributed by atoms with E-state index in [1.54, 1.807) is 0 Å². The Morgan fingerprint density at radius 3 is 2.07 bits per heavy atom. The van der Waals surface area contributed by atoms with Crippen molar-refractivity contribution in [1.82, 2.24) is 0 Å². The number of rotatable bonds is 8. The highest BCUT2D eigenvalue weighted by molar-refractivity contribution is 6.30. The van der Waals surface area contributed by atoms with Crippen LogP contribution in [0.3, 0.4) is 0 Å². The van der Waals surface area contributed by atoms with E-state index in [0.717, 1.165) is 0 Å². The molecule has 14 heavy (non-hydrogen) atoms. The third-order valence-electron chi connectivity index (χ3n) is 1.80. The Hall–Kier alpha value is -0.120. The van der Waals surface area contributed by atoms with E-state index in [-0.39, 0.29) is 12.1 Å². The van der Waals surface area contributed by atoms with Crippen molar-refractivity contribution in [2.24, 2.45) is 0 Å². The molecule has 0 rings (SSSR count). The summed E-state index contributed by atoms with van der Waals surface area (Å²) in [5.74, 6) is -0.00147. The Labute approximate surface area is 90.7 Å². The average Bonchev–Trinajstić information content (AvgIpc) is 2.14. The van der Waals surface area contributed by atoms with Gasteiger partial charge in [-0.1, -0.05) is 0 Å². The molecule has 0 N–H and O–H groups in total. The molecule has 0 heterocycles. The monoisotopic (exact) mass is 222 g/mol. The van der Waals surface area contributed by atoms with Crippen LogP contribution in [-0.4, -0.2) is 30.7 Å². The molecular formula is C10H19ClO3. The van der Waals surface area contributed by atoms with Gasteiger partial charge in [0.15, 0.2) is 6.29 Å². The van der Waals surface area contributed by atoms with Crippen LogP contribution < -0.4 is 0 Å². The lowest BCUT2D eigenvalue weighted by molar-refractivity contribution is -0.140. The Kier molecular flexibility index (Phi) is 8.14. The van der Waals surface area contributed by atoms with E-state index in [1.807, 2.05) is 13.8 Å². The summed E-state index contributed by atoms with van der Waals surface area (Å²) in [6, 6.07) is 0. The highest BCUT2D eigenvalue weighted by Crippen LogP contribution is 2.11. The average molecular weight is 223 g/mol. The first-order valence-corrected chi connectivity index (χ1v) is 5.43. The van der Waals surface area contributed by atoms with E-state index in [9.17, 15) is 4.79 Å². The highest BCUT2D eigenvalue weighted by Gasteiger charge is 2.14. The van der Waals surface area contributed by atoms with Crippen molar-refractivity contribution in [3.63, 3.8) is 0 Å². The van der Waals surface area contributed by atoms with Gasteiger partial charge in [0.25, 0.3) is 0 Å². The molecule has 0 aromatic carbocycles. The number of carbonyl (C=O) groups is 1. The van der Waals surface area contributed by atoms with Gasteiger partial charge in [0.05, 0.1) is 5.38 Å². The number of halogens is 1. The molecule has 1 atom stereocenters. The van der Waals surface area contributed by atoms with Crippen molar-refractivity contribution in [2.45, 2.75) is 45.3 Å². The lowest BCUT2D eigenvalue weighted by Crippen LogP contribution is -2.20. The fourth-order valence-electron chi connectivity index (χ4n) is 1.07. The second-order valence-electron chi connectivity index (χ2n) is 3.00. The van der Waals surface area contributed by atoms with Crippen LogP contribution in [0.4, 0.5) is 0 Å². The molecule has 0 saturated carbocycles. The van der Waals surface area contributed by atoms with Crippen LogP contribution in [0.25, 0.3) is 0 Å². The number of Topliss-reactive ketones (excluding diaryl/α,β-unsaturated/α-hetero) is 1. The van der Waals surface area contributed by atoms with Gasteiger partial charge in [0, 0.05) is 19.6 Å². The quantitative estimate of drug-likeness (QED) is 0.467. The molecular weight excluding hydrogens is 204 g/mol. The fourth-order valence-corrected chi connectivity index (χ4v) is 1.20. The van der Waals surface area contributed by atoms with E-state index in [1.165, 1.54) is 6.92 Å². The number of hydrogen-bond donors (Lipinski definition) is 0. The molecule has 0 fully saturated rings. The molecule has 0 radical (unpaired) electrons. The first kappa shape index (κ1) is 13.9. The van der Waals surface area contributed by atoms with Crippen molar-refractivity contribution >= 4 is 17.4 Å². The maximum absolute atomic E-state index is 10.9. The van der Waals surface area contributed by atoms with Gasteiger partial charge in [-0.25, -0.2) is 0 Å². The maximum Gasteiger partial charge on any atom is 0.157 e. The Morgan fingerprint density at radius 1 is 1.21 bits per heavy atom. The zero-order chi connectivity index (χ0) is 11.0. The van der Waals surface area contributed by atoms with Crippen molar-refractivity contribution in [3.05, 3.63) is 0 Å². The largest absolute Gasteiger partial charge is 0.353 e. The number of hydrogen-bond acceptors (Lipinski definition) is 3. The molecule has 0 aliphatic heterocycles. The standard InChI is InChI=1S/C10H19ClO3/c1-4-13-10(14-5-2)7-6-9(11)8(3)12/h9-10H,4-7H2,1-3H3. The molecule has 0 amide bonds. The normalized spacial score (nSPS) is 13.2. The molecule has 0 saturated heterocycles. The smallest absolute Gasteiger partial charge is 0.157 e. The summed E-state index contributed by atoms with van der Waals surface area (Å²) in [5.41, 5.74) is 0. The van der Waals surface area contributed by atoms with Crippen LogP contribution in [0.2, 0.25) is 0 Å². The molecule has 1 unspecified atom stereocenters. The van der Waals surface area contributed by atoms with E-state index >= 15 is 0 Å². The van der Waals surface area contributed by atoms with Gasteiger partial charge >= 0.3 is 0 Å². The van der Waals surface area contributed by atoms with Crippen molar-refractivity contribution < 1.29 is 14.3 Å². The molecule has 0 aromatic heterocycles. The van der Waals surface area contributed by atoms with Crippen molar-refractivity contribution in [1.29, 1.82) is 0 Å². The lowest BCUT2D eigenvalue weighted by atomic mass is 10.2. The van der Waals surface area contributed by atoms with Gasteiger partial charge in [-0.3, -0.25) is 4.79 Å². The van der Waals surface area contributed by atoms with Crippen LogP contribution in [0.5, 0.6) is 0 Å². The van der Waals surface area contributed by atoms with Gasteiger partial charge in [0.2, 0.25) is 0 Å². The van der Waals surface area contributed by atoms with Crippen LogP contribution in [0.15, 0.2) is 0 Å². The summed E-state index contributed by atoms with van der Waals surface area (Å²) >= 11 is 5.80. The zero-order valence-corrected chi connectivity index (χ0v) is 9.84. The predicted molar refractivity (Wildman–Crippen MR) is 56.6 cm³/mol. The minimum absolute atomic E-state index is 0.00147. The van der Waals surface area contributed by atoms with Crippen LogP contribution in [0, 0.1) is 0 Å². The number of alkyl halides is 1. The third-order valence-corrected chi connectivity index (χ3v) is 2.33. The Balaban J connectivity index is 3.74.